The fourth-order valence-electron chi connectivity index (χ4n) is 6.84. The molecule has 0 spiro atoms. The molecule has 0 unspecified atom stereocenters. The zero-order chi connectivity index (χ0) is 48.0. The van der Waals surface area contributed by atoms with Crippen molar-refractivity contribution in [3.63, 3.8) is 0 Å². The van der Waals surface area contributed by atoms with Gasteiger partial charge in [-0.25, -0.2) is 4.79 Å². The smallest absolute Gasteiger partial charge is 0.326 e. The van der Waals surface area contributed by atoms with E-state index in [0.717, 1.165) is 0 Å². The van der Waals surface area contributed by atoms with Crippen molar-refractivity contribution in [2.45, 2.75) is 173 Å². The van der Waals surface area contributed by atoms with Gasteiger partial charge in [0.1, 0.15) is 42.3 Å². The summed E-state index contributed by atoms with van der Waals surface area (Å²) >= 11 is 0. The third-order valence-corrected chi connectivity index (χ3v) is 11.4. The highest BCUT2D eigenvalue weighted by atomic mass is 16.4. The minimum Gasteiger partial charge on any atom is -0.481 e. The van der Waals surface area contributed by atoms with Gasteiger partial charge >= 0.3 is 11.9 Å². The monoisotopic (exact) mass is 899 g/mol. The number of amides is 7. The van der Waals surface area contributed by atoms with Crippen molar-refractivity contribution in [1.82, 2.24) is 36.8 Å². The highest BCUT2D eigenvalue weighted by Crippen LogP contribution is 2.22. The van der Waals surface area contributed by atoms with Crippen LogP contribution in [0.2, 0.25) is 0 Å². The SMILES string of the molecule is CC[C@H](C)[C@H](N)C(=O)N[C@@H](C)C(=O)N[C@@H](CCC(=O)O)C(=O)N[C@@H](CCCCN)C(=O)N[C@H](C(=O)N[C@@H](CCCCN)C(=O)N[C@H](C(=O)N1CCC[C@H]1C(=O)O)[C@@H](C)CC)[C@@H](C)O. The molecule has 0 bridgehead atoms. The number of nitrogens with two attached hydrogens (primary N) is 3. The Morgan fingerprint density at radius 3 is 1.57 bits per heavy atom. The molecular weight excluding hydrogens is 825 g/mol. The molecule has 1 aliphatic heterocycles. The maximum atomic E-state index is 13.9. The molecule has 0 aliphatic carbocycles. The number of aliphatic hydroxyl groups excluding tert-OH is 1. The number of carbonyl (C=O) groups excluding carboxylic acids is 7. The van der Waals surface area contributed by atoms with Crippen LogP contribution in [0.25, 0.3) is 0 Å². The molecule has 11 atom stereocenters. The second-order valence-corrected chi connectivity index (χ2v) is 16.5. The van der Waals surface area contributed by atoms with Crippen molar-refractivity contribution in [1.29, 1.82) is 0 Å². The first-order valence-electron chi connectivity index (χ1n) is 22.1. The first-order chi connectivity index (χ1) is 29.6. The Balaban J connectivity index is 3.35. The van der Waals surface area contributed by atoms with Crippen molar-refractivity contribution < 1.29 is 58.5 Å². The third kappa shape index (κ3) is 18.8. The number of rotatable bonds is 30. The summed E-state index contributed by atoms with van der Waals surface area (Å²) in [5.74, 6) is -8.68. The molecule has 63 heavy (non-hydrogen) atoms. The first kappa shape index (κ1) is 56.1. The predicted molar refractivity (Wildman–Crippen MR) is 231 cm³/mol. The lowest BCUT2D eigenvalue weighted by molar-refractivity contribution is -0.150. The Bertz CT molecular complexity index is 1550. The van der Waals surface area contributed by atoms with Crippen LogP contribution in [0.15, 0.2) is 0 Å². The molecule has 22 heteroatoms. The number of hydrogen-bond acceptors (Lipinski definition) is 13. The van der Waals surface area contributed by atoms with Crippen LogP contribution >= 0.6 is 0 Å². The summed E-state index contributed by atoms with van der Waals surface area (Å²) in [7, 11) is 0. The largest absolute Gasteiger partial charge is 0.481 e. The zero-order valence-electron chi connectivity index (χ0n) is 37.7. The minimum atomic E-state index is -1.68. The van der Waals surface area contributed by atoms with Crippen molar-refractivity contribution in [3.05, 3.63) is 0 Å². The van der Waals surface area contributed by atoms with Crippen LogP contribution in [0.1, 0.15) is 119 Å². The summed E-state index contributed by atoms with van der Waals surface area (Å²) in [5.41, 5.74) is 17.3. The Labute approximate surface area is 369 Å². The molecule has 1 rings (SSSR count). The van der Waals surface area contributed by atoms with Gasteiger partial charge in [-0.15, -0.1) is 0 Å². The predicted octanol–water partition coefficient (Wildman–Crippen LogP) is -2.09. The topological polar surface area (TPSA) is 368 Å². The van der Waals surface area contributed by atoms with Gasteiger partial charge in [-0.2, -0.15) is 0 Å². The molecule has 1 fully saturated rings. The number of carboxylic acids is 2. The lowest BCUT2D eigenvalue weighted by Gasteiger charge is -2.32. The summed E-state index contributed by atoms with van der Waals surface area (Å²) in [5, 5.41) is 45.0. The van der Waals surface area contributed by atoms with Gasteiger partial charge < -0.3 is 69.3 Å². The third-order valence-electron chi connectivity index (χ3n) is 11.4. The maximum Gasteiger partial charge on any atom is 0.326 e. The second kappa shape index (κ2) is 28.7. The van der Waals surface area contributed by atoms with E-state index in [2.05, 4.69) is 31.9 Å². The average molecular weight is 899 g/mol. The number of likely N-dealkylation sites (tertiary alicyclic amines) is 1. The molecule has 1 saturated heterocycles. The molecule has 360 valence electrons. The van der Waals surface area contributed by atoms with Crippen LogP contribution in [0.3, 0.4) is 0 Å². The van der Waals surface area contributed by atoms with Crippen LogP contribution in [0.4, 0.5) is 0 Å². The van der Waals surface area contributed by atoms with Crippen molar-refractivity contribution in [2.75, 3.05) is 19.6 Å². The maximum absolute atomic E-state index is 13.9. The van der Waals surface area contributed by atoms with Crippen molar-refractivity contribution >= 4 is 53.3 Å². The van der Waals surface area contributed by atoms with E-state index in [1.807, 2.05) is 6.92 Å². The van der Waals surface area contributed by atoms with E-state index in [-0.39, 0.29) is 44.8 Å². The zero-order valence-corrected chi connectivity index (χ0v) is 37.7. The molecule has 0 aromatic carbocycles. The Hall–Kier alpha value is -4.93. The molecule has 15 N–H and O–H groups in total. The van der Waals surface area contributed by atoms with E-state index in [0.29, 0.717) is 44.9 Å². The molecule has 0 aromatic heterocycles. The summed E-state index contributed by atoms with van der Waals surface area (Å²) < 4.78 is 0. The molecule has 0 aromatic rings. The number of aliphatic carboxylic acids is 2. The molecule has 0 radical (unpaired) electrons. The number of nitrogens with zero attached hydrogens (tertiary/aromatic N) is 1. The number of nitrogens with one attached hydrogen (secondary N) is 6. The fourth-order valence-corrected chi connectivity index (χ4v) is 6.84. The van der Waals surface area contributed by atoms with Gasteiger partial charge in [0.05, 0.1) is 12.1 Å². The van der Waals surface area contributed by atoms with E-state index >= 15 is 0 Å². The van der Waals surface area contributed by atoms with Crippen LogP contribution in [-0.2, 0) is 43.2 Å². The minimum absolute atomic E-state index is 0.0304. The van der Waals surface area contributed by atoms with Gasteiger partial charge in [-0.3, -0.25) is 38.4 Å². The van der Waals surface area contributed by atoms with Crippen molar-refractivity contribution in [3.8, 4) is 0 Å². The van der Waals surface area contributed by atoms with Gasteiger partial charge in [0, 0.05) is 13.0 Å². The number of unbranched alkanes of at least 4 members (excludes halogenated alkanes) is 2. The van der Waals surface area contributed by atoms with Crippen LogP contribution in [0.5, 0.6) is 0 Å². The highest BCUT2D eigenvalue weighted by molar-refractivity contribution is 5.98. The highest BCUT2D eigenvalue weighted by Gasteiger charge is 2.40. The van der Waals surface area contributed by atoms with E-state index in [4.69, 9.17) is 17.2 Å². The van der Waals surface area contributed by atoms with Gasteiger partial charge in [0.25, 0.3) is 0 Å². The molecule has 22 nitrogen and oxygen atoms in total. The van der Waals surface area contributed by atoms with Crippen LogP contribution in [0, 0.1) is 11.8 Å². The van der Waals surface area contributed by atoms with Gasteiger partial charge in [-0.1, -0.05) is 40.5 Å². The molecule has 7 amide bonds. The first-order valence-corrected chi connectivity index (χ1v) is 22.1. The quantitative estimate of drug-likeness (QED) is 0.0344. The molecular formula is C41H74N10O12. The molecule has 0 saturated carbocycles. The summed E-state index contributed by atoms with van der Waals surface area (Å²) in [6.45, 7) is 10.4. The van der Waals surface area contributed by atoms with Gasteiger partial charge in [-0.05, 0) is 96.6 Å². The Morgan fingerprint density at radius 1 is 0.619 bits per heavy atom. The van der Waals surface area contributed by atoms with E-state index in [1.165, 1.54) is 18.7 Å². The Kier molecular flexibility index (Phi) is 25.5. The summed E-state index contributed by atoms with van der Waals surface area (Å²) in [4.78, 5) is 119. The standard InChI is InChI=1S/C41H74N10O12/c1-7-22(3)31(44)38(59)45-24(5)34(55)46-28(17-18-30(53)54)35(56)47-26(14-9-11-19-42)37(58)50-33(25(6)52)39(60)48-27(15-10-12-20-43)36(57)49-32(23(4)8-2)40(61)51-21-13-16-29(51)41(62)63/h22-29,31-33,52H,7-21,42-44H2,1-6H3,(H,45,59)(H,46,55)(H,47,56)(H,48,60)(H,49,57)(H,50,58)(H,53,54)(H,62,63)/t22-,23-,24-,25+,26-,27-,28-,29-,31-,32-,33-/m0/s1. The fraction of sp³-hybridized carbons (Fsp3) is 0.780. The van der Waals surface area contributed by atoms with E-state index in [9.17, 15) is 58.5 Å². The van der Waals surface area contributed by atoms with Crippen LogP contribution in [-0.4, -0.2) is 148 Å². The molecule has 1 heterocycles. The summed E-state index contributed by atoms with van der Waals surface area (Å²) in [6.07, 6.45) is 0.854. The molecule has 1 aliphatic rings. The average Bonchev–Trinajstić information content (AvgIpc) is 3.74. The second-order valence-electron chi connectivity index (χ2n) is 16.5. The lowest BCUT2D eigenvalue weighted by atomic mass is 9.96. The normalized spacial score (nSPS) is 18.4. The van der Waals surface area contributed by atoms with E-state index < -0.39 is 126 Å². The lowest BCUT2D eigenvalue weighted by Crippen LogP contribution is -2.62. The van der Waals surface area contributed by atoms with Gasteiger partial charge in [0.2, 0.25) is 41.4 Å². The Morgan fingerprint density at radius 2 is 1.10 bits per heavy atom. The van der Waals surface area contributed by atoms with Gasteiger partial charge in [0.15, 0.2) is 0 Å². The number of hydrogen-bond donors (Lipinski definition) is 12. The summed E-state index contributed by atoms with van der Waals surface area (Å²) in [6, 6.07) is -10.1. The number of aliphatic hydroxyl groups is 1. The van der Waals surface area contributed by atoms with Crippen LogP contribution < -0.4 is 49.1 Å². The van der Waals surface area contributed by atoms with Crippen molar-refractivity contribution in [2.24, 2.45) is 29.0 Å². The number of carboxylic acid groups (broad SMARTS) is 2. The van der Waals surface area contributed by atoms with E-state index in [1.54, 1.807) is 20.8 Å². The number of carbonyl (C=O) groups is 9.